The Balaban J connectivity index is 1.76. The van der Waals surface area contributed by atoms with Crippen LogP contribution in [-0.4, -0.2) is 54.4 Å². The van der Waals surface area contributed by atoms with E-state index in [2.05, 4.69) is 16.9 Å². The van der Waals surface area contributed by atoms with Gasteiger partial charge in [0.15, 0.2) is 0 Å². The summed E-state index contributed by atoms with van der Waals surface area (Å²) in [5.74, 6) is 0.699. The average Bonchev–Trinajstić information content (AvgIpc) is 3.06. The van der Waals surface area contributed by atoms with E-state index in [9.17, 15) is 4.79 Å². The van der Waals surface area contributed by atoms with Gasteiger partial charge in [0.05, 0.1) is 11.1 Å². The number of hydrogen-bond acceptors (Lipinski definition) is 2. The number of hydrogen-bond donors (Lipinski definition) is 1. The molecule has 1 N–H and O–H groups in total. The number of carbonyl (C=O) groups excluding carboxylic acids is 1. The summed E-state index contributed by atoms with van der Waals surface area (Å²) in [5.41, 5.74) is 1.70. The van der Waals surface area contributed by atoms with Crippen molar-refractivity contribution in [2.45, 2.75) is 6.42 Å². The molecule has 0 aliphatic carbocycles. The maximum atomic E-state index is 12.6. The standard InChI is InChI=1S/C16H21N3O/c1-18-9-7-12(10-18)11-19(2)16(20)14-5-3-4-13-6-8-17-15(13)14/h3-6,8,12,17H,7,9-11H2,1-2H3. The molecule has 1 aromatic heterocycles. The average molecular weight is 271 g/mol. The van der Waals surface area contributed by atoms with Crippen molar-refractivity contribution in [1.82, 2.24) is 14.8 Å². The monoisotopic (exact) mass is 271 g/mol. The second-order valence-electron chi connectivity index (χ2n) is 5.85. The normalized spacial score (nSPS) is 19.6. The van der Waals surface area contributed by atoms with Gasteiger partial charge in [-0.1, -0.05) is 12.1 Å². The lowest BCUT2D eigenvalue weighted by atomic mass is 10.1. The highest BCUT2D eigenvalue weighted by Crippen LogP contribution is 2.20. The zero-order valence-corrected chi connectivity index (χ0v) is 12.1. The topological polar surface area (TPSA) is 39.3 Å². The van der Waals surface area contributed by atoms with Crippen LogP contribution >= 0.6 is 0 Å². The van der Waals surface area contributed by atoms with Gasteiger partial charge in [0, 0.05) is 31.7 Å². The number of aromatic nitrogens is 1. The van der Waals surface area contributed by atoms with Gasteiger partial charge in [0.2, 0.25) is 0 Å². The second-order valence-corrected chi connectivity index (χ2v) is 5.85. The maximum Gasteiger partial charge on any atom is 0.255 e. The summed E-state index contributed by atoms with van der Waals surface area (Å²) in [5, 5.41) is 1.09. The molecule has 0 bridgehead atoms. The number of likely N-dealkylation sites (tertiary alicyclic amines) is 1. The van der Waals surface area contributed by atoms with Crippen LogP contribution in [0, 0.1) is 5.92 Å². The van der Waals surface area contributed by atoms with Crippen LogP contribution in [0.25, 0.3) is 10.9 Å². The molecule has 20 heavy (non-hydrogen) atoms. The van der Waals surface area contributed by atoms with E-state index >= 15 is 0 Å². The van der Waals surface area contributed by atoms with E-state index in [1.54, 1.807) is 0 Å². The highest BCUT2D eigenvalue weighted by Gasteiger charge is 2.23. The Morgan fingerprint density at radius 1 is 1.45 bits per heavy atom. The molecule has 106 valence electrons. The van der Waals surface area contributed by atoms with Gasteiger partial charge in [-0.25, -0.2) is 0 Å². The Morgan fingerprint density at radius 2 is 2.30 bits per heavy atom. The van der Waals surface area contributed by atoms with Gasteiger partial charge in [-0.2, -0.15) is 0 Å². The number of nitrogens with zero attached hydrogens (tertiary/aromatic N) is 2. The second kappa shape index (κ2) is 5.29. The Bertz CT molecular complexity index is 619. The minimum Gasteiger partial charge on any atom is -0.361 e. The number of nitrogens with one attached hydrogen (secondary N) is 1. The molecule has 4 heteroatoms. The molecule has 1 fully saturated rings. The predicted octanol–water partition coefficient (Wildman–Crippen LogP) is 2.19. The number of rotatable bonds is 3. The largest absolute Gasteiger partial charge is 0.361 e. The first-order chi connectivity index (χ1) is 9.65. The third kappa shape index (κ3) is 2.43. The third-order valence-electron chi connectivity index (χ3n) is 4.19. The van der Waals surface area contributed by atoms with E-state index in [0.717, 1.165) is 36.1 Å². The fraction of sp³-hybridized carbons (Fsp3) is 0.438. The number of fused-ring (bicyclic) bond motifs is 1. The predicted molar refractivity (Wildman–Crippen MR) is 80.9 cm³/mol. The highest BCUT2D eigenvalue weighted by molar-refractivity contribution is 6.05. The Morgan fingerprint density at radius 3 is 3.05 bits per heavy atom. The van der Waals surface area contributed by atoms with Crippen molar-refractivity contribution in [3.8, 4) is 0 Å². The van der Waals surface area contributed by atoms with Crippen LogP contribution in [0.1, 0.15) is 16.8 Å². The van der Waals surface area contributed by atoms with Crippen molar-refractivity contribution in [2.24, 2.45) is 5.92 Å². The van der Waals surface area contributed by atoms with Gasteiger partial charge in [0.1, 0.15) is 0 Å². The minimum atomic E-state index is 0.104. The molecule has 2 aromatic rings. The summed E-state index contributed by atoms with van der Waals surface area (Å²) in [4.78, 5) is 20.0. The lowest BCUT2D eigenvalue weighted by Crippen LogP contribution is -2.32. The van der Waals surface area contributed by atoms with Crippen molar-refractivity contribution < 1.29 is 4.79 Å². The number of H-pyrrole nitrogens is 1. The van der Waals surface area contributed by atoms with E-state index < -0.39 is 0 Å². The molecule has 1 aliphatic rings. The molecule has 0 saturated carbocycles. The van der Waals surface area contributed by atoms with Gasteiger partial charge >= 0.3 is 0 Å². The molecule has 0 radical (unpaired) electrons. The maximum absolute atomic E-state index is 12.6. The summed E-state index contributed by atoms with van der Waals surface area (Å²) >= 11 is 0. The van der Waals surface area contributed by atoms with Crippen LogP contribution in [0.3, 0.4) is 0 Å². The van der Waals surface area contributed by atoms with Gasteiger partial charge in [0.25, 0.3) is 5.91 Å². The van der Waals surface area contributed by atoms with Crippen LogP contribution in [0.2, 0.25) is 0 Å². The lowest BCUT2D eigenvalue weighted by Gasteiger charge is -2.21. The Kier molecular flexibility index (Phi) is 3.49. The first-order valence-corrected chi connectivity index (χ1v) is 7.15. The third-order valence-corrected chi connectivity index (χ3v) is 4.19. The molecule has 4 nitrogen and oxygen atoms in total. The van der Waals surface area contributed by atoms with Crippen LogP contribution in [0.4, 0.5) is 0 Å². The number of amides is 1. The van der Waals surface area contributed by atoms with E-state index in [-0.39, 0.29) is 5.91 Å². The van der Waals surface area contributed by atoms with E-state index in [4.69, 9.17) is 0 Å². The zero-order valence-electron chi connectivity index (χ0n) is 12.1. The zero-order chi connectivity index (χ0) is 14.1. The smallest absolute Gasteiger partial charge is 0.255 e. The summed E-state index contributed by atoms with van der Waals surface area (Å²) in [6, 6.07) is 7.87. The molecule has 3 rings (SSSR count). The number of benzene rings is 1. The first kappa shape index (κ1) is 13.2. The molecule has 1 aromatic carbocycles. The quantitative estimate of drug-likeness (QED) is 0.929. The van der Waals surface area contributed by atoms with Crippen LogP contribution < -0.4 is 0 Å². The minimum absolute atomic E-state index is 0.104. The number of carbonyl (C=O) groups is 1. The summed E-state index contributed by atoms with van der Waals surface area (Å²) < 4.78 is 0. The highest BCUT2D eigenvalue weighted by atomic mass is 16.2. The van der Waals surface area contributed by atoms with Crippen molar-refractivity contribution in [1.29, 1.82) is 0 Å². The molecular formula is C16H21N3O. The van der Waals surface area contributed by atoms with Crippen LogP contribution in [0.15, 0.2) is 30.5 Å². The molecule has 1 saturated heterocycles. The first-order valence-electron chi connectivity index (χ1n) is 7.15. The van der Waals surface area contributed by atoms with Crippen molar-refractivity contribution in [3.63, 3.8) is 0 Å². The molecule has 1 atom stereocenters. The van der Waals surface area contributed by atoms with Crippen LogP contribution in [0.5, 0.6) is 0 Å². The Hall–Kier alpha value is -1.81. The van der Waals surface area contributed by atoms with Crippen molar-refractivity contribution in [3.05, 3.63) is 36.0 Å². The molecule has 0 spiro atoms. The summed E-state index contributed by atoms with van der Waals surface area (Å²) in [6.45, 7) is 3.06. The van der Waals surface area contributed by atoms with E-state index in [1.165, 1.54) is 6.42 Å². The van der Waals surface area contributed by atoms with E-state index in [0.29, 0.717) is 5.92 Å². The van der Waals surface area contributed by atoms with E-state index in [1.807, 2.05) is 42.4 Å². The summed E-state index contributed by atoms with van der Waals surface area (Å²) in [6.07, 6.45) is 3.06. The molecule has 1 amide bonds. The van der Waals surface area contributed by atoms with Crippen LogP contribution in [-0.2, 0) is 0 Å². The van der Waals surface area contributed by atoms with Gasteiger partial charge < -0.3 is 14.8 Å². The fourth-order valence-corrected chi connectivity index (χ4v) is 3.11. The number of para-hydroxylation sites is 1. The van der Waals surface area contributed by atoms with Crippen molar-refractivity contribution in [2.75, 3.05) is 33.7 Å². The molecule has 1 unspecified atom stereocenters. The number of aromatic amines is 1. The van der Waals surface area contributed by atoms with Gasteiger partial charge in [-0.05, 0) is 38.1 Å². The SMILES string of the molecule is CN1CCC(CN(C)C(=O)c2cccc3cc[nH]c23)C1. The molecule has 2 heterocycles. The Labute approximate surface area is 119 Å². The fourth-order valence-electron chi connectivity index (χ4n) is 3.11. The summed E-state index contributed by atoms with van der Waals surface area (Å²) in [7, 11) is 4.05. The van der Waals surface area contributed by atoms with Gasteiger partial charge in [-0.3, -0.25) is 4.79 Å². The van der Waals surface area contributed by atoms with Gasteiger partial charge in [-0.15, -0.1) is 0 Å². The molecule has 1 aliphatic heterocycles. The lowest BCUT2D eigenvalue weighted by molar-refractivity contribution is 0.0776. The van der Waals surface area contributed by atoms with Crippen molar-refractivity contribution >= 4 is 16.8 Å². The molecular weight excluding hydrogens is 250 g/mol.